The van der Waals surface area contributed by atoms with Gasteiger partial charge in [0.2, 0.25) is 5.95 Å². The number of aliphatic hydroxyl groups excluding tert-OH is 1. The van der Waals surface area contributed by atoms with Crippen molar-refractivity contribution in [2.24, 2.45) is 5.92 Å². The Bertz CT molecular complexity index is 342. The van der Waals surface area contributed by atoms with Crippen LogP contribution in [-0.4, -0.2) is 28.2 Å². The van der Waals surface area contributed by atoms with Crippen LogP contribution in [0.2, 0.25) is 0 Å². The fourth-order valence-corrected chi connectivity index (χ4v) is 2.02. The van der Waals surface area contributed by atoms with Gasteiger partial charge in [0, 0.05) is 19.3 Å². The van der Waals surface area contributed by atoms with Gasteiger partial charge < -0.3 is 16.2 Å². The summed E-state index contributed by atoms with van der Waals surface area (Å²) in [6, 6.07) is 0. The third kappa shape index (κ3) is 4.87. The molecular formula is C11H19BrN4O. The molecule has 0 radical (unpaired) electrons. The van der Waals surface area contributed by atoms with Gasteiger partial charge in [-0.2, -0.15) is 4.98 Å². The van der Waals surface area contributed by atoms with E-state index < -0.39 is 0 Å². The molecule has 0 aliphatic rings. The van der Waals surface area contributed by atoms with Crippen molar-refractivity contribution in [1.29, 1.82) is 0 Å². The predicted octanol–water partition coefficient (Wildman–Crippen LogP) is 2.03. The van der Waals surface area contributed by atoms with Crippen molar-refractivity contribution in [2.45, 2.75) is 26.2 Å². The highest BCUT2D eigenvalue weighted by atomic mass is 79.9. The quantitative estimate of drug-likeness (QED) is 0.718. The van der Waals surface area contributed by atoms with Gasteiger partial charge in [0.05, 0.1) is 4.47 Å². The largest absolute Gasteiger partial charge is 0.396 e. The molecule has 1 aromatic heterocycles. The van der Waals surface area contributed by atoms with E-state index in [1.54, 1.807) is 6.20 Å². The van der Waals surface area contributed by atoms with Gasteiger partial charge in [-0.1, -0.05) is 13.3 Å². The van der Waals surface area contributed by atoms with Crippen LogP contribution in [0.15, 0.2) is 10.7 Å². The van der Waals surface area contributed by atoms with Gasteiger partial charge in [0.1, 0.15) is 5.82 Å². The number of nitrogen functional groups attached to an aromatic ring is 1. The summed E-state index contributed by atoms with van der Waals surface area (Å²) in [4.78, 5) is 7.99. The molecule has 1 heterocycles. The Morgan fingerprint density at radius 2 is 2.29 bits per heavy atom. The van der Waals surface area contributed by atoms with Gasteiger partial charge in [-0.05, 0) is 34.7 Å². The van der Waals surface area contributed by atoms with E-state index in [-0.39, 0.29) is 12.6 Å². The zero-order chi connectivity index (χ0) is 12.7. The van der Waals surface area contributed by atoms with E-state index in [4.69, 9.17) is 10.8 Å². The molecule has 0 amide bonds. The molecule has 0 fully saturated rings. The number of hydrogen-bond acceptors (Lipinski definition) is 5. The number of nitrogens with one attached hydrogen (secondary N) is 1. The molecule has 0 aliphatic carbocycles. The number of aromatic nitrogens is 2. The molecule has 0 aliphatic heterocycles. The number of hydrogen-bond donors (Lipinski definition) is 3. The molecule has 0 spiro atoms. The van der Waals surface area contributed by atoms with E-state index in [1.165, 1.54) is 0 Å². The molecule has 0 bridgehead atoms. The number of rotatable bonds is 7. The van der Waals surface area contributed by atoms with Crippen molar-refractivity contribution >= 4 is 27.7 Å². The van der Waals surface area contributed by atoms with Crippen LogP contribution in [0.3, 0.4) is 0 Å². The second-order valence-electron chi connectivity index (χ2n) is 3.97. The Morgan fingerprint density at radius 1 is 1.53 bits per heavy atom. The molecule has 0 saturated carbocycles. The van der Waals surface area contributed by atoms with Gasteiger partial charge in [0.25, 0.3) is 0 Å². The van der Waals surface area contributed by atoms with Crippen LogP contribution in [0, 0.1) is 5.92 Å². The Hall–Kier alpha value is -0.880. The van der Waals surface area contributed by atoms with Crippen LogP contribution < -0.4 is 11.1 Å². The van der Waals surface area contributed by atoms with Crippen LogP contribution in [0.25, 0.3) is 0 Å². The molecule has 0 saturated heterocycles. The molecule has 4 N–H and O–H groups in total. The molecular weight excluding hydrogens is 284 g/mol. The highest BCUT2D eigenvalue weighted by Gasteiger charge is 2.09. The maximum absolute atomic E-state index is 8.98. The second kappa shape index (κ2) is 7.45. The summed E-state index contributed by atoms with van der Waals surface area (Å²) in [5.41, 5.74) is 5.53. The molecule has 1 aromatic rings. The van der Waals surface area contributed by atoms with Crippen LogP contribution in [0.1, 0.15) is 26.2 Å². The maximum atomic E-state index is 8.98. The lowest BCUT2D eigenvalue weighted by Crippen LogP contribution is -2.17. The summed E-state index contributed by atoms with van der Waals surface area (Å²) in [6.07, 6.45) is 4.63. The molecule has 96 valence electrons. The molecule has 1 rings (SSSR count). The van der Waals surface area contributed by atoms with E-state index in [0.717, 1.165) is 30.3 Å². The Kier molecular flexibility index (Phi) is 6.21. The van der Waals surface area contributed by atoms with Crippen molar-refractivity contribution in [3.05, 3.63) is 10.7 Å². The fraction of sp³-hybridized carbons (Fsp3) is 0.636. The van der Waals surface area contributed by atoms with Crippen LogP contribution in [0.4, 0.5) is 11.8 Å². The van der Waals surface area contributed by atoms with Gasteiger partial charge in [-0.15, -0.1) is 0 Å². The molecule has 5 nitrogen and oxygen atoms in total. The van der Waals surface area contributed by atoms with Gasteiger partial charge in [-0.25, -0.2) is 4.98 Å². The highest BCUT2D eigenvalue weighted by Crippen LogP contribution is 2.20. The van der Waals surface area contributed by atoms with Crippen molar-refractivity contribution in [3.63, 3.8) is 0 Å². The smallest absolute Gasteiger partial charge is 0.221 e. The number of halogens is 1. The number of nitrogens with zero attached hydrogens (tertiary/aromatic N) is 2. The van der Waals surface area contributed by atoms with Crippen LogP contribution >= 0.6 is 15.9 Å². The average molecular weight is 303 g/mol. The molecule has 1 unspecified atom stereocenters. The summed E-state index contributed by atoms with van der Waals surface area (Å²) >= 11 is 3.37. The van der Waals surface area contributed by atoms with Crippen LogP contribution in [-0.2, 0) is 0 Å². The summed E-state index contributed by atoms with van der Waals surface area (Å²) in [7, 11) is 0. The highest BCUT2D eigenvalue weighted by molar-refractivity contribution is 9.10. The molecule has 6 heteroatoms. The third-order valence-electron chi connectivity index (χ3n) is 2.56. The third-order valence-corrected chi connectivity index (χ3v) is 3.14. The topological polar surface area (TPSA) is 84.1 Å². The lowest BCUT2D eigenvalue weighted by Gasteiger charge is -2.16. The van der Waals surface area contributed by atoms with E-state index >= 15 is 0 Å². The number of nitrogens with two attached hydrogens (primary N) is 1. The van der Waals surface area contributed by atoms with Crippen LogP contribution in [0.5, 0.6) is 0 Å². The lowest BCUT2D eigenvalue weighted by atomic mass is 10.0. The minimum atomic E-state index is 0.222. The molecule has 0 aromatic carbocycles. The first-order valence-corrected chi connectivity index (χ1v) is 6.59. The number of aliphatic hydroxyl groups is 1. The summed E-state index contributed by atoms with van der Waals surface area (Å²) in [5.74, 6) is 1.41. The summed E-state index contributed by atoms with van der Waals surface area (Å²) in [5, 5.41) is 12.2. The maximum Gasteiger partial charge on any atom is 0.221 e. The Morgan fingerprint density at radius 3 is 2.94 bits per heavy atom. The summed E-state index contributed by atoms with van der Waals surface area (Å²) in [6.45, 7) is 3.14. The fourth-order valence-electron chi connectivity index (χ4n) is 1.69. The van der Waals surface area contributed by atoms with Crippen molar-refractivity contribution in [3.8, 4) is 0 Å². The van der Waals surface area contributed by atoms with Gasteiger partial charge >= 0.3 is 0 Å². The van der Waals surface area contributed by atoms with E-state index in [1.807, 2.05) is 0 Å². The predicted molar refractivity (Wildman–Crippen MR) is 72.7 cm³/mol. The van der Waals surface area contributed by atoms with Crippen molar-refractivity contribution in [1.82, 2.24) is 9.97 Å². The summed E-state index contributed by atoms with van der Waals surface area (Å²) < 4.78 is 0.797. The first kappa shape index (κ1) is 14.2. The zero-order valence-corrected chi connectivity index (χ0v) is 11.6. The minimum absolute atomic E-state index is 0.222. The standard InChI is InChI=1S/C11H19BrN4O/c1-2-3-8(4-5-17)6-14-10-9(12)7-15-11(13)16-10/h7-8,17H,2-6H2,1H3,(H3,13,14,15,16). The van der Waals surface area contributed by atoms with Crippen molar-refractivity contribution in [2.75, 3.05) is 24.2 Å². The van der Waals surface area contributed by atoms with E-state index in [2.05, 4.69) is 38.1 Å². The first-order valence-electron chi connectivity index (χ1n) is 5.80. The van der Waals surface area contributed by atoms with Gasteiger partial charge in [0.15, 0.2) is 0 Å². The Balaban J connectivity index is 2.55. The van der Waals surface area contributed by atoms with E-state index in [9.17, 15) is 0 Å². The van der Waals surface area contributed by atoms with E-state index in [0.29, 0.717) is 11.7 Å². The molecule has 1 atom stereocenters. The monoisotopic (exact) mass is 302 g/mol. The van der Waals surface area contributed by atoms with Crippen molar-refractivity contribution < 1.29 is 5.11 Å². The number of anilines is 2. The second-order valence-corrected chi connectivity index (χ2v) is 4.83. The lowest BCUT2D eigenvalue weighted by molar-refractivity contribution is 0.255. The normalized spacial score (nSPS) is 12.4. The SMILES string of the molecule is CCCC(CCO)CNc1nc(N)ncc1Br. The minimum Gasteiger partial charge on any atom is -0.396 e. The average Bonchev–Trinajstić information content (AvgIpc) is 2.30. The van der Waals surface area contributed by atoms with Gasteiger partial charge in [-0.3, -0.25) is 0 Å². The molecule has 17 heavy (non-hydrogen) atoms. The first-order chi connectivity index (χ1) is 8.17. The Labute approximate surface area is 110 Å². The zero-order valence-electron chi connectivity index (χ0n) is 9.99.